The molecule has 1 unspecified atom stereocenters. The molecule has 1 fully saturated rings. The van der Waals surface area contributed by atoms with Gasteiger partial charge in [-0.15, -0.1) is 0 Å². The van der Waals surface area contributed by atoms with Gasteiger partial charge >= 0.3 is 5.97 Å². The summed E-state index contributed by atoms with van der Waals surface area (Å²) in [6, 6.07) is 0. The van der Waals surface area contributed by atoms with Gasteiger partial charge in [0.1, 0.15) is 5.82 Å². The van der Waals surface area contributed by atoms with E-state index in [4.69, 9.17) is 16.7 Å². The Kier molecular flexibility index (Phi) is 5.00. The first-order chi connectivity index (χ1) is 11.4. The van der Waals surface area contributed by atoms with Crippen LogP contribution in [0.15, 0.2) is 0 Å². The second-order valence-corrected chi connectivity index (χ2v) is 8.11. The van der Waals surface area contributed by atoms with Crippen molar-refractivity contribution in [2.45, 2.75) is 64.2 Å². The first kappa shape index (κ1) is 17.5. The van der Waals surface area contributed by atoms with E-state index in [0.717, 1.165) is 63.1 Å². The van der Waals surface area contributed by atoms with Crippen molar-refractivity contribution in [1.82, 2.24) is 9.97 Å². The highest BCUT2D eigenvalue weighted by molar-refractivity contribution is 6.28. The Labute approximate surface area is 148 Å². The Bertz CT molecular complexity index is 633. The zero-order valence-electron chi connectivity index (χ0n) is 14.5. The van der Waals surface area contributed by atoms with Crippen molar-refractivity contribution in [2.75, 3.05) is 18.0 Å². The number of aromatic nitrogens is 2. The Hall–Kier alpha value is -1.36. The fourth-order valence-electron chi connectivity index (χ4n) is 4.14. The molecule has 2 aliphatic rings. The van der Waals surface area contributed by atoms with E-state index in [2.05, 4.69) is 28.7 Å². The van der Waals surface area contributed by atoms with Crippen molar-refractivity contribution in [1.29, 1.82) is 0 Å². The summed E-state index contributed by atoms with van der Waals surface area (Å²) >= 11 is 6.24. The molecule has 5 nitrogen and oxygen atoms in total. The van der Waals surface area contributed by atoms with E-state index < -0.39 is 5.97 Å². The van der Waals surface area contributed by atoms with E-state index in [-0.39, 0.29) is 11.8 Å². The molecule has 1 N–H and O–H groups in total. The summed E-state index contributed by atoms with van der Waals surface area (Å²) in [7, 11) is 0. The van der Waals surface area contributed by atoms with Crippen molar-refractivity contribution in [3.8, 4) is 0 Å². The molecule has 1 saturated heterocycles. The third-order valence-electron chi connectivity index (χ3n) is 5.41. The molecule has 0 bridgehead atoms. The maximum Gasteiger partial charge on any atom is 0.303 e. The Morgan fingerprint density at radius 2 is 2.17 bits per heavy atom. The van der Waals surface area contributed by atoms with Crippen molar-refractivity contribution in [2.24, 2.45) is 5.92 Å². The molecule has 0 spiro atoms. The number of carboxylic acid groups (broad SMARTS) is 1. The molecule has 1 aromatic heterocycles. The molecule has 0 saturated carbocycles. The first-order valence-electron chi connectivity index (χ1n) is 8.90. The molecule has 1 aliphatic carbocycles. The van der Waals surface area contributed by atoms with E-state index in [1.165, 1.54) is 5.56 Å². The molecular weight excluding hydrogens is 326 g/mol. The van der Waals surface area contributed by atoms with Crippen molar-refractivity contribution in [3.05, 3.63) is 16.5 Å². The largest absolute Gasteiger partial charge is 0.481 e. The monoisotopic (exact) mass is 351 g/mol. The number of carboxylic acids is 1. The van der Waals surface area contributed by atoms with Crippen LogP contribution in [0.2, 0.25) is 5.28 Å². The number of hydrogen-bond donors (Lipinski definition) is 1. The molecule has 3 rings (SSSR count). The smallest absolute Gasteiger partial charge is 0.303 e. The van der Waals surface area contributed by atoms with Crippen LogP contribution in [-0.2, 0) is 16.6 Å². The van der Waals surface area contributed by atoms with Gasteiger partial charge in [0.2, 0.25) is 5.28 Å². The van der Waals surface area contributed by atoms with Crippen LogP contribution in [0.1, 0.15) is 63.6 Å². The number of halogens is 1. The topological polar surface area (TPSA) is 66.3 Å². The number of fused-ring (bicyclic) bond motifs is 1. The molecule has 132 valence electrons. The minimum atomic E-state index is -0.712. The molecule has 2 heterocycles. The minimum Gasteiger partial charge on any atom is -0.481 e. The van der Waals surface area contributed by atoms with Crippen LogP contribution in [0.25, 0.3) is 0 Å². The normalized spacial score (nSPS) is 23.0. The van der Waals surface area contributed by atoms with Gasteiger partial charge in [0.05, 0.1) is 5.69 Å². The lowest BCUT2D eigenvalue weighted by atomic mass is 9.76. The number of carbonyl (C=O) groups is 1. The number of piperidine rings is 1. The molecule has 0 amide bonds. The molecule has 1 aliphatic heterocycles. The van der Waals surface area contributed by atoms with Gasteiger partial charge in [0.25, 0.3) is 0 Å². The molecule has 0 radical (unpaired) electrons. The van der Waals surface area contributed by atoms with Crippen LogP contribution in [-0.4, -0.2) is 34.1 Å². The van der Waals surface area contributed by atoms with E-state index in [9.17, 15) is 4.79 Å². The third kappa shape index (κ3) is 3.66. The number of anilines is 1. The zero-order valence-corrected chi connectivity index (χ0v) is 15.3. The van der Waals surface area contributed by atoms with Gasteiger partial charge in [-0.25, -0.2) is 9.97 Å². The first-order valence-corrected chi connectivity index (χ1v) is 9.28. The Morgan fingerprint density at radius 1 is 1.38 bits per heavy atom. The van der Waals surface area contributed by atoms with Gasteiger partial charge in [0.15, 0.2) is 0 Å². The molecule has 24 heavy (non-hydrogen) atoms. The fourth-order valence-corrected chi connectivity index (χ4v) is 4.31. The quantitative estimate of drug-likeness (QED) is 0.835. The summed E-state index contributed by atoms with van der Waals surface area (Å²) in [5.74, 6) is 0.685. The second-order valence-electron chi connectivity index (χ2n) is 7.77. The fraction of sp³-hybridized carbons (Fsp3) is 0.722. The predicted octanol–water partition coefficient (Wildman–Crippen LogP) is 3.83. The highest BCUT2D eigenvalue weighted by atomic mass is 35.5. The van der Waals surface area contributed by atoms with E-state index >= 15 is 0 Å². The van der Waals surface area contributed by atoms with Gasteiger partial charge < -0.3 is 10.0 Å². The summed E-state index contributed by atoms with van der Waals surface area (Å²) < 4.78 is 0. The van der Waals surface area contributed by atoms with Crippen LogP contribution in [0, 0.1) is 5.92 Å². The summed E-state index contributed by atoms with van der Waals surface area (Å²) in [5.41, 5.74) is 2.37. The molecular formula is C18H26ClN3O2. The number of nitrogens with zero attached hydrogens (tertiary/aromatic N) is 3. The molecule has 0 aromatic carbocycles. The average Bonchev–Trinajstić information content (AvgIpc) is 2.53. The predicted molar refractivity (Wildman–Crippen MR) is 94.8 cm³/mol. The standard InChI is InChI=1S/C18H26ClN3O2/c1-18(2)9-3-6-13-15(18)20-17(19)21-16(13)22-10-4-5-12(11-22)7-8-14(23)24/h12H,3-11H2,1-2H3,(H,23,24). The van der Waals surface area contributed by atoms with Crippen LogP contribution < -0.4 is 4.90 Å². The summed E-state index contributed by atoms with van der Waals surface area (Å²) in [5, 5.41) is 9.25. The van der Waals surface area contributed by atoms with E-state index in [1.54, 1.807) is 0 Å². The lowest BCUT2D eigenvalue weighted by Crippen LogP contribution is -2.38. The highest BCUT2D eigenvalue weighted by Gasteiger charge is 2.34. The molecule has 1 aromatic rings. The number of rotatable bonds is 4. The second kappa shape index (κ2) is 6.87. The zero-order chi connectivity index (χ0) is 17.3. The summed E-state index contributed by atoms with van der Waals surface area (Å²) in [6.07, 6.45) is 6.41. The van der Waals surface area contributed by atoms with Crippen LogP contribution in [0.4, 0.5) is 5.82 Å². The minimum absolute atomic E-state index is 0.0351. The van der Waals surface area contributed by atoms with Crippen LogP contribution >= 0.6 is 11.6 Å². The maximum atomic E-state index is 10.8. The lowest BCUT2D eigenvalue weighted by Gasteiger charge is -2.38. The highest BCUT2D eigenvalue weighted by Crippen LogP contribution is 2.40. The third-order valence-corrected chi connectivity index (χ3v) is 5.58. The number of aliphatic carboxylic acids is 1. The van der Waals surface area contributed by atoms with Crippen molar-refractivity contribution < 1.29 is 9.90 Å². The molecule has 1 atom stereocenters. The average molecular weight is 352 g/mol. The maximum absolute atomic E-state index is 10.8. The van der Waals surface area contributed by atoms with Gasteiger partial charge in [-0.2, -0.15) is 0 Å². The van der Waals surface area contributed by atoms with Crippen molar-refractivity contribution >= 4 is 23.4 Å². The van der Waals surface area contributed by atoms with Gasteiger partial charge in [-0.3, -0.25) is 4.79 Å². The molecule has 6 heteroatoms. The summed E-state index contributed by atoms with van der Waals surface area (Å²) in [6.45, 7) is 6.28. The van der Waals surface area contributed by atoms with E-state index in [1.807, 2.05) is 0 Å². The summed E-state index contributed by atoms with van der Waals surface area (Å²) in [4.78, 5) is 22.3. The number of hydrogen-bond acceptors (Lipinski definition) is 4. The van der Waals surface area contributed by atoms with E-state index in [0.29, 0.717) is 11.2 Å². The van der Waals surface area contributed by atoms with Crippen LogP contribution in [0.5, 0.6) is 0 Å². The van der Waals surface area contributed by atoms with Crippen molar-refractivity contribution in [3.63, 3.8) is 0 Å². The SMILES string of the molecule is CC1(C)CCCc2c(N3CCCC(CCC(=O)O)C3)nc(Cl)nc21. The van der Waals surface area contributed by atoms with Crippen LogP contribution in [0.3, 0.4) is 0 Å². The van der Waals surface area contributed by atoms with Gasteiger partial charge in [-0.05, 0) is 56.0 Å². The lowest BCUT2D eigenvalue weighted by molar-refractivity contribution is -0.137. The van der Waals surface area contributed by atoms with Gasteiger partial charge in [0, 0.05) is 30.5 Å². The Morgan fingerprint density at radius 3 is 2.92 bits per heavy atom. The van der Waals surface area contributed by atoms with Gasteiger partial charge in [-0.1, -0.05) is 13.8 Å². The Balaban J connectivity index is 1.86.